The standard InChI is InChI=1S/C2H3ClO3S/c3-1-2-6-7(4)5/h1-2H,(H,4,5)/p-1. The molecule has 0 aromatic heterocycles. The molecule has 0 heterocycles. The van der Waals surface area contributed by atoms with Crippen molar-refractivity contribution in [3.63, 3.8) is 0 Å². The summed E-state index contributed by atoms with van der Waals surface area (Å²) >= 11 is 2.38. The van der Waals surface area contributed by atoms with Gasteiger partial charge >= 0.3 is 0 Å². The smallest absolute Gasteiger partial charge is 0.138 e. The zero-order valence-electron chi connectivity index (χ0n) is 3.17. The maximum absolute atomic E-state index is 9.43. The van der Waals surface area contributed by atoms with Crippen molar-refractivity contribution >= 4 is 23.0 Å². The summed E-state index contributed by atoms with van der Waals surface area (Å²) in [6.07, 6.45) is 0.852. The van der Waals surface area contributed by atoms with Crippen LogP contribution < -0.4 is 0 Å². The molecule has 0 aromatic carbocycles. The van der Waals surface area contributed by atoms with Gasteiger partial charge in [0, 0.05) is 5.54 Å². The minimum Gasteiger partial charge on any atom is -0.740 e. The number of hydrogen-bond donors (Lipinski definition) is 0. The van der Waals surface area contributed by atoms with Crippen LogP contribution in [-0.4, -0.2) is 8.76 Å². The second-order valence-corrected chi connectivity index (χ2v) is 1.42. The van der Waals surface area contributed by atoms with Crippen LogP contribution in [0.5, 0.6) is 0 Å². The molecule has 42 valence electrons. The molecule has 1 unspecified atom stereocenters. The zero-order valence-corrected chi connectivity index (χ0v) is 4.74. The third-order valence-corrected chi connectivity index (χ3v) is 0.557. The van der Waals surface area contributed by atoms with Crippen LogP contribution in [0.25, 0.3) is 0 Å². The Morgan fingerprint density at radius 1 is 1.86 bits per heavy atom. The molecule has 0 spiro atoms. The van der Waals surface area contributed by atoms with E-state index in [-0.39, 0.29) is 0 Å². The lowest BCUT2D eigenvalue weighted by Crippen LogP contribution is -1.84. The van der Waals surface area contributed by atoms with E-state index in [4.69, 9.17) is 11.6 Å². The number of halogens is 1. The van der Waals surface area contributed by atoms with Crippen LogP contribution in [0.15, 0.2) is 11.8 Å². The third-order valence-electron chi connectivity index (χ3n) is 0.186. The average Bonchev–Trinajstić information content (AvgIpc) is 1.61. The Balaban J connectivity index is 3.14. The fourth-order valence-corrected chi connectivity index (χ4v) is 0.325. The Bertz CT molecular complexity index is 90.9. The van der Waals surface area contributed by atoms with Crippen molar-refractivity contribution in [2.24, 2.45) is 0 Å². The molecule has 0 saturated carbocycles. The maximum Gasteiger partial charge on any atom is 0.138 e. The minimum absolute atomic E-state index is 0.852. The van der Waals surface area contributed by atoms with E-state index in [1.807, 2.05) is 0 Å². The maximum atomic E-state index is 9.43. The van der Waals surface area contributed by atoms with Crippen molar-refractivity contribution in [2.75, 3.05) is 0 Å². The van der Waals surface area contributed by atoms with Gasteiger partial charge in [0.1, 0.15) is 17.6 Å². The van der Waals surface area contributed by atoms with E-state index in [1.165, 1.54) is 0 Å². The van der Waals surface area contributed by atoms with Gasteiger partial charge in [-0.1, -0.05) is 11.6 Å². The quantitative estimate of drug-likeness (QED) is 0.416. The Morgan fingerprint density at radius 2 is 2.43 bits per heavy atom. The van der Waals surface area contributed by atoms with Gasteiger partial charge in [-0.05, 0) is 0 Å². The highest BCUT2D eigenvalue weighted by molar-refractivity contribution is 7.74. The number of rotatable bonds is 2. The highest BCUT2D eigenvalue weighted by Gasteiger charge is 1.67. The van der Waals surface area contributed by atoms with Gasteiger partial charge in [0.25, 0.3) is 0 Å². The molecule has 0 aromatic rings. The van der Waals surface area contributed by atoms with Gasteiger partial charge in [-0.15, -0.1) is 0 Å². The molecule has 0 rings (SSSR count). The van der Waals surface area contributed by atoms with E-state index in [0.717, 1.165) is 11.8 Å². The molecule has 0 amide bonds. The Labute approximate surface area is 48.4 Å². The molecule has 0 aliphatic heterocycles. The molecule has 0 radical (unpaired) electrons. The summed E-state index contributed by atoms with van der Waals surface area (Å²) in [7, 11) is 0. The summed E-state index contributed by atoms with van der Waals surface area (Å²) in [4.78, 5) is 0. The molecule has 0 bridgehead atoms. The topological polar surface area (TPSA) is 49.4 Å². The fraction of sp³-hybridized carbons (Fsp3) is 0. The third kappa shape index (κ3) is 5.94. The first-order valence-corrected chi connectivity index (χ1v) is 2.72. The highest BCUT2D eigenvalue weighted by atomic mass is 35.5. The van der Waals surface area contributed by atoms with Crippen LogP contribution in [0.3, 0.4) is 0 Å². The monoisotopic (exact) mass is 141 g/mol. The lowest BCUT2D eigenvalue weighted by atomic mass is 11.2. The van der Waals surface area contributed by atoms with E-state index in [2.05, 4.69) is 4.18 Å². The Hall–Kier alpha value is -0.0600. The van der Waals surface area contributed by atoms with E-state index >= 15 is 0 Å². The second kappa shape index (κ2) is 4.11. The first kappa shape index (κ1) is 6.94. The molecule has 3 nitrogen and oxygen atoms in total. The average molecular weight is 142 g/mol. The molecule has 0 N–H and O–H groups in total. The second-order valence-electron chi connectivity index (χ2n) is 0.562. The molecule has 7 heavy (non-hydrogen) atoms. The van der Waals surface area contributed by atoms with Gasteiger partial charge in [0.15, 0.2) is 0 Å². The number of hydrogen-bond acceptors (Lipinski definition) is 3. The highest BCUT2D eigenvalue weighted by Crippen LogP contribution is 1.82. The van der Waals surface area contributed by atoms with Crippen LogP contribution in [0, 0.1) is 0 Å². The van der Waals surface area contributed by atoms with Crippen molar-refractivity contribution in [1.82, 2.24) is 0 Å². The summed E-state index contributed by atoms with van der Waals surface area (Å²) < 4.78 is 22.6. The van der Waals surface area contributed by atoms with Crippen LogP contribution >= 0.6 is 11.6 Å². The fourth-order valence-electron chi connectivity index (χ4n) is 0.0664. The molecule has 0 saturated heterocycles. The minimum atomic E-state index is -2.49. The lowest BCUT2D eigenvalue weighted by Gasteiger charge is -1.97. The van der Waals surface area contributed by atoms with Crippen molar-refractivity contribution < 1.29 is 12.9 Å². The largest absolute Gasteiger partial charge is 0.740 e. The normalized spacial score (nSPS) is 14.6. The van der Waals surface area contributed by atoms with E-state index in [1.54, 1.807) is 0 Å². The molecular weight excluding hydrogens is 140 g/mol. The van der Waals surface area contributed by atoms with Crippen molar-refractivity contribution in [1.29, 1.82) is 0 Å². The van der Waals surface area contributed by atoms with Crippen LogP contribution in [0.1, 0.15) is 0 Å². The molecule has 0 aliphatic carbocycles. The summed E-state index contributed by atoms with van der Waals surface area (Å²) in [5, 5.41) is 0. The predicted molar refractivity (Wildman–Crippen MR) is 25.0 cm³/mol. The van der Waals surface area contributed by atoms with Gasteiger partial charge in [0.2, 0.25) is 0 Å². The predicted octanol–water partition coefficient (Wildman–Crippen LogP) is 0.507. The first-order chi connectivity index (χ1) is 3.27. The summed E-state index contributed by atoms with van der Waals surface area (Å²) in [6, 6.07) is 0. The molecule has 1 atom stereocenters. The van der Waals surface area contributed by atoms with Gasteiger partial charge < -0.3 is 8.74 Å². The molecule has 5 heteroatoms. The first-order valence-electron chi connectivity index (χ1n) is 1.29. The molecule has 0 fully saturated rings. The summed E-state index contributed by atoms with van der Waals surface area (Å²) in [5.74, 6) is 0. The van der Waals surface area contributed by atoms with Gasteiger partial charge in [-0.25, -0.2) is 4.21 Å². The Kier molecular flexibility index (Phi) is 4.07. The SMILES string of the molecule is O=S([O-])OC=CCl. The Morgan fingerprint density at radius 3 is 2.57 bits per heavy atom. The molecular formula is C2H2ClO3S-. The van der Waals surface area contributed by atoms with Crippen LogP contribution in [0.4, 0.5) is 0 Å². The zero-order chi connectivity index (χ0) is 5.70. The lowest BCUT2D eigenvalue weighted by molar-refractivity contribution is 0.406. The summed E-state index contributed by atoms with van der Waals surface area (Å²) in [6.45, 7) is 0. The van der Waals surface area contributed by atoms with Crippen molar-refractivity contribution in [2.45, 2.75) is 0 Å². The van der Waals surface area contributed by atoms with Gasteiger partial charge in [0.05, 0.1) is 0 Å². The van der Waals surface area contributed by atoms with Crippen molar-refractivity contribution in [3.05, 3.63) is 11.8 Å². The van der Waals surface area contributed by atoms with Crippen LogP contribution in [-0.2, 0) is 15.5 Å². The van der Waals surface area contributed by atoms with Crippen LogP contribution in [0.2, 0.25) is 0 Å². The van der Waals surface area contributed by atoms with Gasteiger partial charge in [-0.3, -0.25) is 0 Å². The van der Waals surface area contributed by atoms with E-state index < -0.39 is 11.4 Å². The summed E-state index contributed by atoms with van der Waals surface area (Å²) in [5.41, 5.74) is 0.954. The van der Waals surface area contributed by atoms with Crippen molar-refractivity contribution in [3.8, 4) is 0 Å². The van der Waals surface area contributed by atoms with Gasteiger partial charge in [-0.2, -0.15) is 0 Å². The van der Waals surface area contributed by atoms with E-state index in [9.17, 15) is 8.76 Å². The molecule has 0 aliphatic rings. The van der Waals surface area contributed by atoms with E-state index in [0.29, 0.717) is 0 Å².